The van der Waals surface area contributed by atoms with Crippen molar-refractivity contribution in [3.8, 4) is 0 Å². The van der Waals surface area contributed by atoms with Crippen LogP contribution in [0.4, 0.5) is 0 Å². The lowest BCUT2D eigenvalue weighted by atomic mass is 9.82. The summed E-state index contributed by atoms with van der Waals surface area (Å²) in [6.07, 6.45) is 5.60. The highest BCUT2D eigenvalue weighted by atomic mass is 16.4. The molecule has 0 radical (unpaired) electrons. The minimum absolute atomic E-state index is 0.0521. The number of nitrogens with one attached hydrogen (secondary N) is 1. The quantitative estimate of drug-likeness (QED) is 0.718. The Morgan fingerprint density at radius 3 is 2.32 bits per heavy atom. The van der Waals surface area contributed by atoms with Crippen molar-refractivity contribution in [2.24, 2.45) is 17.1 Å². The maximum Gasteiger partial charge on any atom is 0.306 e. The van der Waals surface area contributed by atoms with E-state index in [2.05, 4.69) is 5.32 Å². The first-order chi connectivity index (χ1) is 8.93. The highest BCUT2D eigenvalue weighted by Gasteiger charge is 2.43. The normalized spacial score (nSPS) is 38.9. The topological polar surface area (TPSA) is 92.4 Å². The second kappa shape index (κ2) is 5.49. The number of carbonyl (C=O) groups is 2. The van der Waals surface area contributed by atoms with Crippen LogP contribution in [0.15, 0.2) is 0 Å². The molecule has 1 amide bonds. The third-order valence-electron chi connectivity index (χ3n) is 4.96. The minimum Gasteiger partial charge on any atom is -0.481 e. The van der Waals surface area contributed by atoms with Gasteiger partial charge < -0.3 is 16.2 Å². The molecule has 2 aliphatic rings. The van der Waals surface area contributed by atoms with Gasteiger partial charge in [0.1, 0.15) is 0 Å². The summed E-state index contributed by atoms with van der Waals surface area (Å²) in [5.41, 5.74) is 5.60. The van der Waals surface area contributed by atoms with E-state index in [1.165, 1.54) is 0 Å². The van der Waals surface area contributed by atoms with E-state index in [9.17, 15) is 9.59 Å². The van der Waals surface area contributed by atoms with Gasteiger partial charge in [-0.3, -0.25) is 9.59 Å². The van der Waals surface area contributed by atoms with Crippen molar-refractivity contribution >= 4 is 11.9 Å². The molecule has 0 saturated heterocycles. The maximum absolute atomic E-state index is 12.4. The van der Waals surface area contributed by atoms with E-state index in [1.807, 2.05) is 6.92 Å². The Kier molecular flexibility index (Phi) is 4.13. The van der Waals surface area contributed by atoms with Crippen molar-refractivity contribution in [2.75, 3.05) is 0 Å². The van der Waals surface area contributed by atoms with Crippen molar-refractivity contribution in [3.05, 3.63) is 0 Å². The molecule has 0 heterocycles. The highest BCUT2D eigenvalue weighted by molar-refractivity contribution is 5.83. The van der Waals surface area contributed by atoms with Crippen molar-refractivity contribution < 1.29 is 14.7 Å². The highest BCUT2D eigenvalue weighted by Crippen LogP contribution is 2.37. The molecule has 0 spiro atoms. The fourth-order valence-electron chi connectivity index (χ4n) is 3.31. The Morgan fingerprint density at radius 1 is 1.21 bits per heavy atom. The van der Waals surface area contributed by atoms with E-state index in [0.29, 0.717) is 12.8 Å². The van der Waals surface area contributed by atoms with Crippen LogP contribution in [0.1, 0.15) is 51.9 Å². The Hall–Kier alpha value is -1.10. The first-order valence-electron chi connectivity index (χ1n) is 7.23. The van der Waals surface area contributed by atoms with E-state index in [0.717, 1.165) is 32.1 Å². The molecule has 2 aliphatic carbocycles. The van der Waals surface area contributed by atoms with Gasteiger partial charge in [-0.25, -0.2) is 0 Å². The van der Waals surface area contributed by atoms with E-state index in [4.69, 9.17) is 10.8 Å². The number of carboxylic acids is 1. The van der Waals surface area contributed by atoms with E-state index in [1.54, 1.807) is 0 Å². The molecule has 5 nitrogen and oxygen atoms in total. The third kappa shape index (κ3) is 2.91. The largest absolute Gasteiger partial charge is 0.481 e. The van der Waals surface area contributed by atoms with Crippen LogP contribution in [0, 0.1) is 11.3 Å². The van der Waals surface area contributed by atoms with Crippen LogP contribution >= 0.6 is 0 Å². The van der Waals surface area contributed by atoms with Gasteiger partial charge in [0.15, 0.2) is 0 Å². The fourth-order valence-corrected chi connectivity index (χ4v) is 3.31. The molecular weight excluding hydrogens is 244 g/mol. The average molecular weight is 268 g/mol. The number of nitrogens with two attached hydrogens (primary N) is 1. The van der Waals surface area contributed by atoms with Gasteiger partial charge in [-0.2, -0.15) is 0 Å². The molecule has 0 aromatic carbocycles. The number of hydrogen-bond donors (Lipinski definition) is 3. The van der Waals surface area contributed by atoms with Gasteiger partial charge in [0, 0.05) is 12.1 Å². The zero-order valence-corrected chi connectivity index (χ0v) is 11.5. The predicted molar refractivity (Wildman–Crippen MR) is 71.5 cm³/mol. The van der Waals surface area contributed by atoms with Crippen LogP contribution in [-0.2, 0) is 9.59 Å². The van der Waals surface area contributed by atoms with Crippen molar-refractivity contribution in [2.45, 2.75) is 64.0 Å². The lowest BCUT2D eigenvalue weighted by Crippen LogP contribution is -2.51. The molecule has 0 aromatic heterocycles. The van der Waals surface area contributed by atoms with E-state index < -0.39 is 11.4 Å². The molecule has 108 valence electrons. The molecule has 2 unspecified atom stereocenters. The van der Waals surface area contributed by atoms with Gasteiger partial charge in [0.2, 0.25) is 5.91 Å². The Bertz CT molecular complexity index is 364. The monoisotopic (exact) mass is 268 g/mol. The van der Waals surface area contributed by atoms with Crippen molar-refractivity contribution in [1.29, 1.82) is 0 Å². The second-order valence-electron chi connectivity index (χ2n) is 6.28. The molecular formula is C14H24N2O3. The molecule has 0 aromatic rings. The smallest absolute Gasteiger partial charge is 0.306 e. The Labute approximate surface area is 113 Å². The molecule has 5 heteroatoms. The summed E-state index contributed by atoms with van der Waals surface area (Å²) < 4.78 is 0. The van der Waals surface area contributed by atoms with Gasteiger partial charge in [0.25, 0.3) is 0 Å². The van der Waals surface area contributed by atoms with Gasteiger partial charge in [-0.15, -0.1) is 0 Å². The third-order valence-corrected chi connectivity index (χ3v) is 4.96. The van der Waals surface area contributed by atoms with E-state index >= 15 is 0 Å². The average Bonchev–Trinajstić information content (AvgIpc) is 2.71. The van der Waals surface area contributed by atoms with Gasteiger partial charge >= 0.3 is 5.97 Å². The zero-order chi connectivity index (χ0) is 14.0. The predicted octanol–water partition coefficient (Wildman–Crippen LogP) is 1.26. The summed E-state index contributed by atoms with van der Waals surface area (Å²) in [4.78, 5) is 23.2. The molecule has 2 saturated carbocycles. The van der Waals surface area contributed by atoms with Crippen LogP contribution in [-0.4, -0.2) is 29.1 Å². The lowest BCUT2D eigenvalue weighted by Gasteiger charge is -2.32. The SMILES string of the molecule is CC1(C(=O)NC2CCC(C(=O)O)CC2)CCCC1N. The summed E-state index contributed by atoms with van der Waals surface area (Å²) in [6.45, 7) is 1.95. The van der Waals surface area contributed by atoms with Crippen LogP contribution in [0.2, 0.25) is 0 Å². The number of carboxylic acid groups (broad SMARTS) is 1. The first-order valence-corrected chi connectivity index (χ1v) is 7.23. The van der Waals surface area contributed by atoms with Crippen LogP contribution in [0.5, 0.6) is 0 Å². The summed E-state index contributed by atoms with van der Waals surface area (Å²) in [7, 11) is 0. The summed E-state index contributed by atoms with van der Waals surface area (Å²) in [5.74, 6) is -0.900. The van der Waals surface area contributed by atoms with Crippen molar-refractivity contribution in [3.63, 3.8) is 0 Å². The second-order valence-corrected chi connectivity index (χ2v) is 6.28. The van der Waals surface area contributed by atoms with Gasteiger partial charge in [-0.1, -0.05) is 6.42 Å². The van der Waals surface area contributed by atoms with Gasteiger partial charge in [0.05, 0.1) is 11.3 Å². The number of carbonyl (C=O) groups excluding carboxylic acids is 1. The van der Waals surface area contributed by atoms with Crippen LogP contribution in [0.3, 0.4) is 0 Å². The van der Waals surface area contributed by atoms with Crippen LogP contribution < -0.4 is 11.1 Å². The van der Waals surface area contributed by atoms with Crippen LogP contribution in [0.25, 0.3) is 0 Å². The molecule has 0 aliphatic heterocycles. The summed E-state index contributed by atoms with van der Waals surface area (Å²) in [5, 5.41) is 12.0. The number of amides is 1. The molecule has 0 bridgehead atoms. The lowest BCUT2D eigenvalue weighted by molar-refractivity contribution is -0.142. The Balaban J connectivity index is 1.86. The molecule has 2 fully saturated rings. The maximum atomic E-state index is 12.4. The number of aliphatic carboxylic acids is 1. The zero-order valence-electron chi connectivity index (χ0n) is 11.5. The minimum atomic E-state index is -0.713. The fraction of sp³-hybridized carbons (Fsp3) is 0.857. The standard InChI is InChI=1S/C14H24N2O3/c1-14(8-2-3-11(14)15)13(19)16-10-6-4-9(5-7-10)12(17)18/h9-11H,2-8,15H2,1H3,(H,16,19)(H,17,18). The van der Waals surface area contributed by atoms with E-state index in [-0.39, 0.29) is 23.9 Å². The number of rotatable bonds is 3. The number of hydrogen-bond acceptors (Lipinski definition) is 3. The molecule has 2 rings (SSSR count). The Morgan fingerprint density at radius 2 is 1.84 bits per heavy atom. The summed E-state index contributed by atoms with van der Waals surface area (Å²) in [6, 6.07) is 0.0654. The molecule has 2 atom stereocenters. The first kappa shape index (κ1) is 14.3. The molecule has 4 N–H and O–H groups in total. The summed E-state index contributed by atoms with van der Waals surface area (Å²) >= 11 is 0. The van der Waals surface area contributed by atoms with Crippen molar-refractivity contribution in [1.82, 2.24) is 5.32 Å². The van der Waals surface area contributed by atoms with Gasteiger partial charge in [-0.05, 0) is 45.4 Å². The molecule has 19 heavy (non-hydrogen) atoms.